The fourth-order valence-electron chi connectivity index (χ4n) is 2.83. The first-order valence-corrected chi connectivity index (χ1v) is 7.48. The second-order valence-corrected chi connectivity index (χ2v) is 5.29. The number of benzene rings is 2. The SMILES string of the molecule is COc1cccc2c(NCc3ccco3)c3ccccc3nc12. The minimum Gasteiger partial charge on any atom is -0.494 e. The van der Waals surface area contributed by atoms with Gasteiger partial charge in [0.2, 0.25) is 0 Å². The Morgan fingerprint density at radius 2 is 1.87 bits per heavy atom. The molecule has 0 aliphatic carbocycles. The van der Waals surface area contributed by atoms with Crippen LogP contribution in [-0.2, 0) is 6.54 Å². The topological polar surface area (TPSA) is 47.3 Å². The summed E-state index contributed by atoms with van der Waals surface area (Å²) in [7, 11) is 1.67. The van der Waals surface area contributed by atoms with Crippen molar-refractivity contribution in [3.63, 3.8) is 0 Å². The second-order valence-electron chi connectivity index (χ2n) is 5.29. The van der Waals surface area contributed by atoms with Gasteiger partial charge in [0.05, 0.1) is 31.1 Å². The minimum absolute atomic E-state index is 0.618. The van der Waals surface area contributed by atoms with E-state index >= 15 is 0 Å². The number of fused-ring (bicyclic) bond motifs is 2. The number of furan rings is 1. The molecule has 2 aromatic carbocycles. The third kappa shape index (κ3) is 2.38. The van der Waals surface area contributed by atoms with E-state index in [0.717, 1.165) is 39.0 Å². The molecule has 0 atom stereocenters. The summed E-state index contributed by atoms with van der Waals surface area (Å²) in [5, 5.41) is 5.61. The molecule has 4 heteroatoms. The zero-order valence-corrected chi connectivity index (χ0v) is 12.7. The van der Waals surface area contributed by atoms with Gasteiger partial charge in [-0.1, -0.05) is 30.3 Å². The van der Waals surface area contributed by atoms with Gasteiger partial charge in [-0.15, -0.1) is 0 Å². The molecule has 114 valence electrons. The number of para-hydroxylation sites is 2. The van der Waals surface area contributed by atoms with E-state index in [0.29, 0.717) is 6.54 Å². The van der Waals surface area contributed by atoms with Crippen molar-refractivity contribution in [3.05, 3.63) is 66.6 Å². The maximum Gasteiger partial charge on any atom is 0.145 e. The van der Waals surface area contributed by atoms with Crippen molar-refractivity contribution >= 4 is 27.5 Å². The van der Waals surface area contributed by atoms with Gasteiger partial charge in [0.15, 0.2) is 0 Å². The summed E-state index contributed by atoms with van der Waals surface area (Å²) < 4.78 is 10.9. The van der Waals surface area contributed by atoms with E-state index in [-0.39, 0.29) is 0 Å². The molecule has 0 fully saturated rings. The molecule has 0 saturated carbocycles. The Bertz CT molecular complexity index is 962. The van der Waals surface area contributed by atoms with Gasteiger partial charge in [0.25, 0.3) is 0 Å². The van der Waals surface area contributed by atoms with Gasteiger partial charge in [-0.05, 0) is 24.3 Å². The van der Waals surface area contributed by atoms with Crippen LogP contribution < -0.4 is 10.1 Å². The van der Waals surface area contributed by atoms with E-state index < -0.39 is 0 Å². The maximum atomic E-state index is 5.47. The number of methoxy groups -OCH3 is 1. The molecule has 0 saturated heterocycles. The molecular weight excluding hydrogens is 288 g/mol. The number of nitrogens with zero attached hydrogens (tertiary/aromatic N) is 1. The number of nitrogens with one attached hydrogen (secondary N) is 1. The molecule has 0 radical (unpaired) electrons. The normalized spacial score (nSPS) is 11.0. The summed E-state index contributed by atoms with van der Waals surface area (Å²) in [6.07, 6.45) is 1.68. The van der Waals surface area contributed by atoms with E-state index in [9.17, 15) is 0 Å². The Hall–Kier alpha value is -3.01. The number of hydrogen-bond acceptors (Lipinski definition) is 4. The molecule has 1 N–H and O–H groups in total. The quantitative estimate of drug-likeness (QED) is 0.560. The zero-order valence-electron chi connectivity index (χ0n) is 12.7. The van der Waals surface area contributed by atoms with Crippen LogP contribution in [0.1, 0.15) is 5.76 Å². The summed E-state index contributed by atoms with van der Waals surface area (Å²) in [5.74, 6) is 1.66. The molecule has 4 nitrogen and oxygen atoms in total. The average Bonchev–Trinajstić information content (AvgIpc) is 3.11. The van der Waals surface area contributed by atoms with Gasteiger partial charge in [0, 0.05) is 10.8 Å². The zero-order chi connectivity index (χ0) is 15.6. The van der Waals surface area contributed by atoms with Gasteiger partial charge >= 0.3 is 0 Å². The number of rotatable bonds is 4. The van der Waals surface area contributed by atoms with Crippen molar-refractivity contribution in [2.45, 2.75) is 6.54 Å². The molecular formula is C19H16N2O2. The Labute approximate surface area is 133 Å². The van der Waals surface area contributed by atoms with Crippen LogP contribution >= 0.6 is 0 Å². The summed E-state index contributed by atoms with van der Waals surface area (Å²) in [6, 6.07) is 17.9. The average molecular weight is 304 g/mol. The predicted octanol–water partition coefficient (Wildman–Crippen LogP) is 4.60. The number of aromatic nitrogens is 1. The van der Waals surface area contributed by atoms with E-state index in [4.69, 9.17) is 14.1 Å². The maximum absolute atomic E-state index is 5.47. The molecule has 4 rings (SSSR count). The van der Waals surface area contributed by atoms with E-state index in [1.54, 1.807) is 13.4 Å². The van der Waals surface area contributed by atoms with E-state index in [1.165, 1.54) is 0 Å². The fourth-order valence-corrected chi connectivity index (χ4v) is 2.83. The minimum atomic E-state index is 0.618. The molecule has 2 aromatic heterocycles. The third-order valence-electron chi connectivity index (χ3n) is 3.91. The fraction of sp³-hybridized carbons (Fsp3) is 0.105. The number of hydrogen-bond donors (Lipinski definition) is 1. The molecule has 4 aromatic rings. The van der Waals surface area contributed by atoms with Crippen LogP contribution in [0.15, 0.2) is 65.3 Å². The standard InChI is InChI=1S/C19H16N2O2/c1-22-17-10-4-8-15-18(20-12-13-6-5-11-23-13)14-7-2-3-9-16(14)21-19(15)17/h2-11H,12H2,1H3,(H,20,21). The van der Waals surface area contributed by atoms with Crippen molar-refractivity contribution in [3.8, 4) is 5.75 Å². The van der Waals surface area contributed by atoms with Crippen molar-refractivity contribution < 1.29 is 9.15 Å². The summed E-state index contributed by atoms with van der Waals surface area (Å²) >= 11 is 0. The van der Waals surface area contributed by atoms with Crippen LogP contribution in [0.3, 0.4) is 0 Å². The Kier molecular flexibility index (Phi) is 3.35. The Balaban J connectivity index is 1.93. The van der Waals surface area contributed by atoms with Crippen LogP contribution in [0.5, 0.6) is 5.75 Å². The molecule has 0 spiro atoms. The molecule has 0 aliphatic rings. The highest BCUT2D eigenvalue weighted by Gasteiger charge is 2.12. The molecule has 23 heavy (non-hydrogen) atoms. The second kappa shape index (κ2) is 5.65. The van der Waals surface area contributed by atoms with Gasteiger partial charge in [0.1, 0.15) is 17.0 Å². The first kappa shape index (κ1) is 13.6. The highest BCUT2D eigenvalue weighted by atomic mass is 16.5. The van der Waals surface area contributed by atoms with Gasteiger partial charge in [-0.3, -0.25) is 0 Å². The molecule has 2 heterocycles. The van der Waals surface area contributed by atoms with Crippen molar-refractivity contribution in [2.24, 2.45) is 0 Å². The lowest BCUT2D eigenvalue weighted by Crippen LogP contribution is -2.01. The lowest BCUT2D eigenvalue weighted by molar-refractivity contribution is 0.419. The third-order valence-corrected chi connectivity index (χ3v) is 3.91. The summed E-state index contributed by atoms with van der Waals surface area (Å²) in [6.45, 7) is 0.618. The van der Waals surface area contributed by atoms with Crippen LogP contribution in [0.4, 0.5) is 5.69 Å². The lowest BCUT2D eigenvalue weighted by Gasteiger charge is -2.14. The van der Waals surface area contributed by atoms with E-state index in [2.05, 4.69) is 17.4 Å². The monoisotopic (exact) mass is 304 g/mol. The predicted molar refractivity (Wildman–Crippen MR) is 91.8 cm³/mol. The number of pyridine rings is 1. The van der Waals surface area contributed by atoms with E-state index in [1.807, 2.05) is 42.5 Å². The van der Waals surface area contributed by atoms with Crippen molar-refractivity contribution in [1.29, 1.82) is 0 Å². The van der Waals surface area contributed by atoms with Crippen LogP contribution in [-0.4, -0.2) is 12.1 Å². The van der Waals surface area contributed by atoms with Gasteiger partial charge in [-0.25, -0.2) is 4.98 Å². The molecule has 0 aliphatic heterocycles. The first-order valence-electron chi connectivity index (χ1n) is 7.48. The van der Waals surface area contributed by atoms with Crippen molar-refractivity contribution in [2.75, 3.05) is 12.4 Å². The van der Waals surface area contributed by atoms with Crippen molar-refractivity contribution in [1.82, 2.24) is 4.98 Å². The number of anilines is 1. The van der Waals surface area contributed by atoms with Gasteiger partial charge in [-0.2, -0.15) is 0 Å². The molecule has 0 unspecified atom stereocenters. The first-order chi connectivity index (χ1) is 11.4. The van der Waals surface area contributed by atoms with Crippen LogP contribution in [0.2, 0.25) is 0 Å². The highest BCUT2D eigenvalue weighted by molar-refractivity contribution is 6.08. The highest BCUT2D eigenvalue weighted by Crippen LogP contribution is 2.35. The summed E-state index contributed by atoms with van der Waals surface area (Å²) in [4.78, 5) is 4.77. The molecule has 0 amide bonds. The van der Waals surface area contributed by atoms with Crippen LogP contribution in [0, 0.1) is 0 Å². The van der Waals surface area contributed by atoms with Gasteiger partial charge < -0.3 is 14.5 Å². The smallest absolute Gasteiger partial charge is 0.145 e. The van der Waals surface area contributed by atoms with Crippen LogP contribution in [0.25, 0.3) is 21.8 Å². The molecule has 0 bridgehead atoms. The summed E-state index contributed by atoms with van der Waals surface area (Å²) in [5.41, 5.74) is 2.84. The Morgan fingerprint density at radius 3 is 2.70 bits per heavy atom. The number of ether oxygens (including phenoxy) is 1. The largest absolute Gasteiger partial charge is 0.494 e. The Morgan fingerprint density at radius 1 is 1.00 bits per heavy atom. The lowest BCUT2D eigenvalue weighted by atomic mass is 10.1.